The normalized spacial score (nSPS) is 21.6. The van der Waals surface area contributed by atoms with Crippen LogP contribution in [0.3, 0.4) is 0 Å². The van der Waals surface area contributed by atoms with E-state index in [-0.39, 0.29) is 24.2 Å². The minimum absolute atomic E-state index is 0.0673. The Labute approximate surface area is 205 Å². The molecule has 1 aliphatic heterocycles. The van der Waals surface area contributed by atoms with Crippen molar-refractivity contribution in [3.8, 4) is 0 Å². The molecule has 2 atom stereocenters. The van der Waals surface area contributed by atoms with Gasteiger partial charge in [0.05, 0.1) is 5.69 Å². The second kappa shape index (κ2) is 10.2. The van der Waals surface area contributed by atoms with Crippen molar-refractivity contribution in [3.63, 3.8) is 0 Å². The molecule has 11 nitrogen and oxygen atoms in total. The summed E-state index contributed by atoms with van der Waals surface area (Å²) < 4.78 is 7.43. The highest BCUT2D eigenvalue weighted by molar-refractivity contribution is 5.72. The number of amides is 1. The predicted molar refractivity (Wildman–Crippen MR) is 133 cm³/mol. The Bertz CT molecular complexity index is 1150. The van der Waals surface area contributed by atoms with Crippen LogP contribution in [-0.4, -0.2) is 86.1 Å². The fourth-order valence-corrected chi connectivity index (χ4v) is 4.86. The summed E-state index contributed by atoms with van der Waals surface area (Å²) in [7, 11) is 2.16. The Balaban J connectivity index is 1.21. The molecule has 11 heteroatoms. The first kappa shape index (κ1) is 23.6. The third kappa shape index (κ3) is 5.73. The number of nitrogens with one attached hydrogen (secondary N) is 3. The number of fused-ring (bicyclic) bond motifs is 1. The Morgan fingerprint density at radius 1 is 1.23 bits per heavy atom. The second-order valence-corrected chi connectivity index (χ2v) is 9.99. The molecule has 0 bridgehead atoms. The highest BCUT2D eigenvalue weighted by Crippen LogP contribution is 2.36. The van der Waals surface area contributed by atoms with Gasteiger partial charge in [-0.2, -0.15) is 10.2 Å². The number of rotatable bonds is 7. The predicted octanol–water partition coefficient (Wildman–Crippen LogP) is 2.71. The maximum atomic E-state index is 11.9. The molecule has 2 unspecified atom stereocenters. The fourth-order valence-electron chi connectivity index (χ4n) is 4.86. The number of piperazine rings is 1. The number of carbonyl (C=O) groups is 1. The van der Waals surface area contributed by atoms with E-state index in [4.69, 9.17) is 9.84 Å². The van der Waals surface area contributed by atoms with Gasteiger partial charge in [0.25, 0.3) is 0 Å². The number of aromatic amines is 1. The molecule has 2 aliphatic rings. The first-order valence-corrected chi connectivity index (χ1v) is 12.5. The standard InChI is InChI=1S/C24H35N9O2/c1-16(2)26-24(34)35-19-5-4-17(12-19)20-14-22(29-28-20)27-23-21-13-18(30-33(21)7-6-25-23)15-32-10-8-31(3)9-11-32/h6-7,13-14,16-17,19H,4-5,8-12,15H2,1-3H3,(H,26,34)(H2,25,27,28,29). The van der Waals surface area contributed by atoms with Crippen molar-refractivity contribution in [2.75, 3.05) is 38.5 Å². The van der Waals surface area contributed by atoms with Crippen LogP contribution in [0, 0.1) is 0 Å². The molecule has 2 fully saturated rings. The molecule has 3 N–H and O–H groups in total. The monoisotopic (exact) mass is 481 g/mol. The zero-order valence-corrected chi connectivity index (χ0v) is 20.7. The van der Waals surface area contributed by atoms with Gasteiger partial charge >= 0.3 is 6.09 Å². The van der Waals surface area contributed by atoms with Crippen LogP contribution in [0.25, 0.3) is 5.52 Å². The summed E-state index contributed by atoms with van der Waals surface area (Å²) in [5.41, 5.74) is 3.00. The van der Waals surface area contributed by atoms with Gasteiger partial charge in [-0.3, -0.25) is 10.00 Å². The minimum atomic E-state index is -0.343. The van der Waals surface area contributed by atoms with Crippen LogP contribution in [0.15, 0.2) is 24.5 Å². The summed E-state index contributed by atoms with van der Waals surface area (Å²) in [6.45, 7) is 8.96. The first-order chi connectivity index (χ1) is 16.9. The van der Waals surface area contributed by atoms with E-state index >= 15 is 0 Å². The smallest absolute Gasteiger partial charge is 0.407 e. The molecule has 3 aromatic heterocycles. The third-order valence-electron chi connectivity index (χ3n) is 6.77. The fraction of sp³-hybridized carbons (Fsp3) is 0.583. The van der Waals surface area contributed by atoms with Crippen LogP contribution in [0.4, 0.5) is 16.4 Å². The van der Waals surface area contributed by atoms with Crippen molar-refractivity contribution in [1.82, 2.24) is 39.9 Å². The third-order valence-corrected chi connectivity index (χ3v) is 6.77. The number of hydrogen-bond acceptors (Lipinski definition) is 8. The molecule has 35 heavy (non-hydrogen) atoms. The van der Waals surface area contributed by atoms with Crippen LogP contribution in [-0.2, 0) is 11.3 Å². The van der Waals surface area contributed by atoms with E-state index in [0.29, 0.717) is 5.82 Å². The first-order valence-electron chi connectivity index (χ1n) is 12.5. The van der Waals surface area contributed by atoms with Gasteiger partial charge in [0.15, 0.2) is 11.6 Å². The van der Waals surface area contributed by atoms with Crippen LogP contribution in [0.5, 0.6) is 0 Å². The number of anilines is 2. The summed E-state index contributed by atoms with van der Waals surface area (Å²) in [5, 5.41) is 18.5. The van der Waals surface area contributed by atoms with Crippen molar-refractivity contribution in [1.29, 1.82) is 0 Å². The molecule has 188 valence electrons. The number of H-pyrrole nitrogens is 1. The van der Waals surface area contributed by atoms with Crippen LogP contribution in [0.2, 0.25) is 0 Å². The number of alkyl carbamates (subject to hydrolysis) is 1. The van der Waals surface area contributed by atoms with Crippen LogP contribution in [0.1, 0.15) is 50.4 Å². The summed E-state index contributed by atoms with van der Waals surface area (Å²) in [5.74, 6) is 1.72. The lowest BCUT2D eigenvalue weighted by atomic mass is 10.0. The molecular weight excluding hydrogens is 446 g/mol. The minimum Gasteiger partial charge on any atom is -0.446 e. The van der Waals surface area contributed by atoms with Crippen molar-refractivity contribution in [2.24, 2.45) is 0 Å². The summed E-state index contributed by atoms with van der Waals surface area (Å²) in [6.07, 6.45) is 5.80. The van der Waals surface area contributed by atoms with Gasteiger partial charge < -0.3 is 20.3 Å². The number of ether oxygens (including phenoxy) is 1. The lowest BCUT2D eigenvalue weighted by Gasteiger charge is -2.31. The van der Waals surface area contributed by atoms with E-state index in [9.17, 15) is 4.79 Å². The molecular formula is C24H35N9O2. The van der Waals surface area contributed by atoms with E-state index in [1.54, 1.807) is 6.20 Å². The van der Waals surface area contributed by atoms with Gasteiger partial charge in [-0.05, 0) is 46.2 Å². The molecule has 5 rings (SSSR count). The van der Waals surface area contributed by atoms with Gasteiger partial charge in [-0.1, -0.05) is 0 Å². The van der Waals surface area contributed by atoms with Gasteiger partial charge in [0, 0.05) is 68.8 Å². The molecule has 4 heterocycles. The lowest BCUT2D eigenvalue weighted by molar-refractivity contribution is 0.0981. The molecule has 1 aliphatic carbocycles. The Hall–Kier alpha value is -3.18. The van der Waals surface area contributed by atoms with E-state index in [2.05, 4.69) is 48.7 Å². The van der Waals surface area contributed by atoms with Gasteiger partial charge in [0.2, 0.25) is 0 Å². The van der Waals surface area contributed by atoms with Gasteiger partial charge in [-0.15, -0.1) is 0 Å². The van der Waals surface area contributed by atoms with Gasteiger partial charge in [-0.25, -0.2) is 14.3 Å². The summed E-state index contributed by atoms with van der Waals surface area (Å²) >= 11 is 0. The SMILES string of the molecule is CC(C)NC(=O)OC1CCC(c2cc(Nc3nccn4nc(CN5CCN(C)CC5)cc34)n[nH]2)C1. The zero-order chi connectivity index (χ0) is 24.4. The lowest BCUT2D eigenvalue weighted by Crippen LogP contribution is -2.43. The highest BCUT2D eigenvalue weighted by atomic mass is 16.6. The zero-order valence-electron chi connectivity index (χ0n) is 20.7. The molecule has 1 saturated heterocycles. The Morgan fingerprint density at radius 3 is 2.86 bits per heavy atom. The highest BCUT2D eigenvalue weighted by Gasteiger charge is 2.30. The van der Waals surface area contributed by atoms with E-state index in [1.807, 2.05) is 30.6 Å². The van der Waals surface area contributed by atoms with E-state index in [1.165, 1.54) is 0 Å². The summed E-state index contributed by atoms with van der Waals surface area (Å²) in [4.78, 5) is 21.2. The average Bonchev–Trinajstić information content (AvgIpc) is 3.55. The van der Waals surface area contributed by atoms with Crippen molar-refractivity contribution in [2.45, 2.75) is 57.7 Å². The van der Waals surface area contributed by atoms with Gasteiger partial charge in [0.1, 0.15) is 11.6 Å². The summed E-state index contributed by atoms with van der Waals surface area (Å²) in [6, 6.07) is 4.19. The van der Waals surface area contributed by atoms with Crippen LogP contribution >= 0.6 is 0 Å². The number of carbonyl (C=O) groups excluding carboxylic acids is 1. The molecule has 0 aromatic carbocycles. The van der Waals surface area contributed by atoms with Crippen LogP contribution < -0.4 is 10.6 Å². The van der Waals surface area contributed by atoms with Crippen molar-refractivity contribution in [3.05, 3.63) is 35.9 Å². The second-order valence-electron chi connectivity index (χ2n) is 9.99. The topological polar surface area (TPSA) is 116 Å². The Kier molecular flexibility index (Phi) is 6.87. The molecule has 1 saturated carbocycles. The maximum absolute atomic E-state index is 11.9. The van der Waals surface area contributed by atoms with Crippen molar-refractivity contribution < 1.29 is 9.53 Å². The Morgan fingerprint density at radius 2 is 2.06 bits per heavy atom. The number of aromatic nitrogens is 5. The largest absolute Gasteiger partial charge is 0.446 e. The molecule has 0 spiro atoms. The number of likely N-dealkylation sites (N-methyl/N-ethyl adjacent to an activating group) is 1. The molecule has 3 aromatic rings. The molecule has 1 amide bonds. The van der Waals surface area contributed by atoms with E-state index < -0.39 is 0 Å². The molecule has 0 radical (unpaired) electrons. The van der Waals surface area contributed by atoms with Crippen molar-refractivity contribution >= 4 is 23.2 Å². The number of nitrogens with zero attached hydrogens (tertiary/aromatic N) is 6. The quantitative estimate of drug-likeness (QED) is 0.472. The average molecular weight is 482 g/mol. The maximum Gasteiger partial charge on any atom is 0.407 e. The number of hydrogen-bond donors (Lipinski definition) is 3. The van der Waals surface area contributed by atoms with E-state index in [0.717, 1.165) is 74.7 Å².